The SMILES string of the molecule is COc1cc(/C=C(/NC(=O)c2ccccc2)C(=O)Nc2ccc3cc[nH]c3c2)cc(OC)c1OC. The van der Waals surface area contributed by atoms with E-state index in [0.29, 0.717) is 34.1 Å². The number of amides is 2. The van der Waals surface area contributed by atoms with E-state index in [4.69, 9.17) is 14.2 Å². The van der Waals surface area contributed by atoms with Crippen molar-refractivity contribution in [3.63, 3.8) is 0 Å². The second-order valence-electron chi connectivity index (χ2n) is 7.57. The quantitative estimate of drug-likeness (QED) is 0.326. The summed E-state index contributed by atoms with van der Waals surface area (Å²) in [6, 6.07) is 19.5. The minimum Gasteiger partial charge on any atom is -0.493 e. The third-order valence-electron chi connectivity index (χ3n) is 5.34. The number of methoxy groups -OCH3 is 3. The van der Waals surface area contributed by atoms with E-state index < -0.39 is 11.8 Å². The van der Waals surface area contributed by atoms with Crippen LogP contribution in [0.3, 0.4) is 0 Å². The predicted molar refractivity (Wildman–Crippen MR) is 135 cm³/mol. The van der Waals surface area contributed by atoms with Crippen LogP contribution in [0.1, 0.15) is 15.9 Å². The first-order chi connectivity index (χ1) is 17.0. The molecule has 178 valence electrons. The highest BCUT2D eigenvalue weighted by atomic mass is 16.5. The van der Waals surface area contributed by atoms with E-state index in [-0.39, 0.29) is 5.70 Å². The van der Waals surface area contributed by atoms with Crippen LogP contribution in [0.25, 0.3) is 17.0 Å². The fraction of sp³-hybridized carbons (Fsp3) is 0.111. The lowest BCUT2D eigenvalue weighted by Gasteiger charge is -2.14. The second kappa shape index (κ2) is 10.5. The molecule has 0 aliphatic heterocycles. The average molecular weight is 472 g/mol. The van der Waals surface area contributed by atoms with Gasteiger partial charge >= 0.3 is 0 Å². The van der Waals surface area contributed by atoms with Crippen molar-refractivity contribution >= 4 is 34.5 Å². The predicted octanol–water partition coefficient (Wildman–Crippen LogP) is 4.60. The van der Waals surface area contributed by atoms with Gasteiger partial charge in [-0.3, -0.25) is 9.59 Å². The number of ether oxygens (including phenoxy) is 3. The lowest BCUT2D eigenvalue weighted by Crippen LogP contribution is -2.30. The molecule has 1 heterocycles. The third-order valence-corrected chi connectivity index (χ3v) is 5.34. The lowest BCUT2D eigenvalue weighted by molar-refractivity contribution is -0.113. The lowest BCUT2D eigenvalue weighted by atomic mass is 10.1. The van der Waals surface area contributed by atoms with Gasteiger partial charge in [-0.05, 0) is 59.5 Å². The summed E-state index contributed by atoms with van der Waals surface area (Å²) < 4.78 is 16.2. The Morgan fingerprint density at radius 3 is 2.23 bits per heavy atom. The van der Waals surface area contributed by atoms with Gasteiger partial charge in [0, 0.05) is 23.0 Å². The summed E-state index contributed by atoms with van der Waals surface area (Å²) in [5, 5.41) is 6.60. The van der Waals surface area contributed by atoms with E-state index in [1.165, 1.54) is 21.3 Å². The molecule has 0 radical (unpaired) electrons. The molecule has 8 nitrogen and oxygen atoms in total. The number of carbonyl (C=O) groups excluding carboxylic acids is 2. The molecule has 2 amide bonds. The Hall–Kier alpha value is -4.72. The molecule has 0 unspecified atom stereocenters. The summed E-state index contributed by atoms with van der Waals surface area (Å²) in [5.41, 5.74) is 2.49. The van der Waals surface area contributed by atoms with E-state index in [2.05, 4.69) is 15.6 Å². The molecule has 0 fully saturated rings. The first-order valence-corrected chi connectivity index (χ1v) is 10.8. The van der Waals surface area contributed by atoms with Crippen molar-refractivity contribution in [1.29, 1.82) is 0 Å². The number of hydrogen-bond acceptors (Lipinski definition) is 5. The van der Waals surface area contributed by atoms with Gasteiger partial charge in [-0.15, -0.1) is 0 Å². The molecule has 3 N–H and O–H groups in total. The Bertz CT molecular complexity index is 1370. The second-order valence-corrected chi connectivity index (χ2v) is 7.57. The maximum absolute atomic E-state index is 13.3. The van der Waals surface area contributed by atoms with Crippen LogP contribution in [0.2, 0.25) is 0 Å². The van der Waals surface area contributed by atoms with Crippen molar-refractivity contribution < 1.29 is 23.8 Å². The molecule has 1 aromatic heterocycles. The van der Waals surface area contributed by atoms with Crippen molar-refractivity contribution in [3.8, 4) is 17.2 Å². The first kappa shape index (κ1) is 23.4. The van der Waals surface area contributed by atoms with Gasteiger partial charge in [-0.25, -0.2) is 0 Å². The fourth-order valence-electron chi connectivity index (χ4n) is 3.62. The molecule has 4 aromatic rings. The molecule has 0 bridgehead atoms. The Morgan fingerprint density at radius 2 is 1.57 bits per heavy atom. The first-order valence-electron chi connectivity index (χ1n) is 10.8. The molecule has 8 heteroatoms. The summed E-state index contributed by atoms with van der Waals surface area (Å²) in [5.74, 6) is 0.354. The van der Waals surface area contributed by atoms with Gasteiger partial charge in [0.25, 0.3) is 11.8 Å². The van der Waals surface area contributed by atoms with Crippen molar-refractivity contribution in [2.45, 2.75) is 0 Å². The zero-order chi connectivity index (χ0) is 24.8. The minimum atomic E-state index is -0.492. The van der Waals surface area contributed by atoms with Crippen molar-refractivity contribution in [3.05, 3.63) is 89.8 Å². The van der Waals surface area contributed by atoms with Crippen LogP contribution in [-0.4, -0.2) is 38.1 Å². The number of benzene rings is 3. The van der Waals surface area contributed by atoms with E-state index in [9.17, 15) is 9.59 Å². The summed E-state index contributed by atoms with van der Waals surface area (Å²) in [7, 11) is 4.52. The van der Waals surface area contributed by atoms with E-state index in [0.717, 1.165) is 10.9 Å². The largest absolute Gasteiger partial charge is 0.493 e. The summed E-state index contributed by atoms with van der Waals surface area (Å²) >= 11 is 0. The molecule has 0 spiro atoms. The highest BCUT2D eigenvalue weighted by Crippen LogP contribution is 2.38. The number of fused-ring (bicyclic) bond motifs is 1. The van der Waals surface area contributed by atoms with Gasteiger partial charge in [-0.1, -0.05) is 24.3 Å². The minimum absolute atomic E-state index is 0.0414. The third kappa shape index (κ3) is 5.27. The normalized spacial score (nSPS) is 11.1. The van der Waals surface area contributed by atoms with Crippen LogP contribution < -0.4 is 24.8 Å². The zero-order valence-electron chi connectivity index (χ0n) is 19.5. The number of nitrogens with one attached hydrogen (secondary N) is 3. The summed E-state index contributed by atoms with van der Waals surface area (Å²) in [6.45, 7) is 0. The van der Waals surface area contributed by atoms with Crippen molar-refractivity contribution in [1.82, 2.24) is 10.3 Å². The maximum atomic E-state index is 13.3. The number of rotatable bonds is 8. The van der Waals surface area contributed by atoms with Gasteiger partial charge in [0.2, 0.25) is 5.75 Å². The number of H-pyrrole nitrogens is 1. The van der Waals surface area contributed by atoms with E-state index in [1.807, 2.05) is 30.5 Å². The van der Waals surface area contributed by atoms with Gasteiger partial charge in [0.05, 0.1) is 21.3 Å². The molecule has 0 saturated carbocycles. The van der Waals surface area contributed by atoms with Gasteiger partial charge in [0.15, 0.2) is 11.5 Å². The highest BCUT2D eigenvalue weighted by Gasteiger charge is 2.18. The molecule has 0 aliphatic carbocycles. The topological polar surface area (TPSA) is 102 Å². The molecule has 0 atom stereocenters. The number of aromatic amines is 1. The van der Waals surface area contributed by atoms with Gasteiger partial charge in [-0.2, -0.15) is 0 Å². The highest BCUT2D eigenvalue weighted by molar-refractivity contribution is 6.11. The average Bonchev–Trinajstić information content (AvgIpc) is 3.36. The molecule has 0 saturated heterocycles. The molecule has 0 aliphatic rings. The number of hydrogen-bond donors (Lipinski definition) is 3. The maximum Gasteiger partial charge on any atom is 0.272 e. The van der Waals surface area contributed by atoms with Crippen LogP contribution in [0.5, 0.6) is 17.2 Å². The summed E-state index contributed by atoms with van der Waals surface area (Å²) in [4.78, 5) is 29.3. The van der Waals surface area contributed by atoms with Crippen LogP contribution >= 0.6 is 0 Å². The number of carbonyl (C=O) groups is 2. The number of anilines is 1. The Balaban J connectivity index is 1.71. The molecule has 35 heavy (non-hydrogen) atoms. The van der Waals surface area contributed by atoms with Crippen LogP contribution in [0.15, 0.2) is 78.6 Å². The molecular formula is C27H25N3O5. The zero-order valence-corrected chi connectivity index (χ0v) is 19.5. The summed E-state index contributed by atoms with van der Waals surface area (Å²) in [6.07, 6.45) is 3.37. The molecular weight excluding hydrogens is 446 g/mol. The number of aromatic nitrogens is 1. The smallest absolute Gasteiger partial charge is 0.272 e. The van der Waals surface area contributed by atoms with Crippen LogP contribution in [0, 0.1) is 0 Å². The van der Waals surface area contributed by atoms with Gasteiger partial charge in [0.1, 0.15) is 5.70 Å². The fourth-order valence-corrected chi connectivity index (χ4v) is 3.62. The van der Waals surface area contributed by atoms with E-state index >= 15 is 0 Å². The molecule has 3 aromatic carbocycles. The Labute approximate surface area is 202 Å². The Morgan fingerprint density at radius 1 is 0.857 bits per heavy atom. The van der Waals surface area contributed by atoms with Crippen molar-refractivity contribution in [2.75, 3.05) is 26.6 Å². The van der Waals surface area contributed by atoms with Crippen molar-refractivity contribution in [2.24, 2.45) is 0 Å². The monoisotopic (exact) mass is 471 g/mol. The van der Waals surface area contributed by atoms with Crippen LogP contribution in [-0.2, 0) is 4.79 Å². The Kier molecular flexibility index (Phi) is 7.02. The standard InChI is InChI=1S/C27H25N3O5/c1-33-23-14-17(15-24(34-2)25(23)35-3)13-22(30-26(31)19-7-5-4-6-8-19)27(32)29-20-10-9-18-11-12-28-21(18)16-20/h4-16,28H,1-3H3,(H,29,32)(H,30,31)/b22-13+. The van der Waals surface area contributed by atoms with Gasteiger partial charge < -0.3 is 29.8 Å². The van der Waals surface area contributed by atoms with E-state index in [1.54, 1.807) is 48.5 Å². The van der Waals surface area contributed by atoms with Crippen LogP contribution in [0.4, 0.5) is 5.69 Å². The molecule has 4 rings (SSSR count).